The maximum Gasteiger partial charge on any atom is 0.314 e. The van der Waals surface area contributed by atoms with E-state index in [9.17, 15) is 4.79 Å². The minimum atomic E-state index is -0.182. The highest BCUT2D eigenvalue weighted by Gasteiger charge is 2.15. The molecule has 5 nitrogen and oxygen atoms in total. The Bertz CT molecular complexity index is 657. The Balaban J connectivity index is 1.74. The van der Waals surface area contributed by atoms with Crippen molar-refractivity contribution in [1.29, 1.82) is 0 Å². The molecule has 0 spiro atoms. The number of para-hydroxylation sites is 1. The van der Waals surface area contributed by atoms with Gasteiger partial charge in [-0.25, -0.2) is 4.79 Å². The number of rotatable bonds is 9. The van der Waals surface area contributed by atoms with E-state index < -0.39 is 0 Å². The van der Waals surface area contributed by atoms with Gasteiger partial charge in [-0.15, -0.1) is 0 Å². The number of nitrogens with one attached hydrogen (secondary N) is 2. The molecule has 1 unspecified atom stereocenters. The van der Waals surface area contributed by atoms with Crippen LogP contribution in [0.2, 0.25) is 0 Å². The summed E-state index contributed by atoms with van der Waals surface area (Å²) in [5.41, 5.74) is 2.51. The first-order valence-corrected chi connectivity index (χ1v) is 9.05. The summed E-state index contributed by atoms with van der Waals surface area (Å²) in [5, 5.41) is 5.77. The van der Waals surface area contributed by atoms with Crippen molar-refractivity contribution in [2.75, 3.05) is 33.8 Å². The van der Waals surface area contributed by atoms with Crippen LogP contribution in [0.5, 0.6) is 5.75 Å². The predicted octanol–water partition coefficient (Wildman–Crippen LogP) is 3.23. The summed E-state index contributed by atoms with van der Waals surface area (Å²) in [4.78, 5) is 14.1. The summed E-state index contributed by atoms with van der Waals surface area (Å²) in [6.07, 6.45) is 1.03. The van der Waals surface area contributed by atoms with Crippen LogP contribution in [0.1, 0.15) is 24.1 Å². The van der Waals surface area contributed by atoms with Crippen LogP contribution in [0.4, 0.5) is 4.79 Å². The van der Waals surface area contributed by atoms with Crippen molar-refractivity contribution in [3.63, 3.8) is 0 Å². The minimum Gasteiger partial charge on any atom is -0.492 e. The third kappa shape index (κ3) is 6.41. The Morgan fingerprint density at radius 2 is 1.73 bits per heavy atom. The van der Waals surface area contributed by atoms with E-state index in [0.717, 1.165) is 12.2 Å². The van der Waals surface area contributed by atoms with Crippen molar-refractivity contribution in [3.8, 4) is 5.75 Å². The van der Waals surface area contributed by atoms with Gasteiger partial charge in [-0.3, -0.25) is 0 Å². The molecule has 2 N–H and O–H groups in total. The Hall–Kier alpha value is -2.53. The van der Waals surface area contributed by atoms with Crippen LogP contribution in [-0.4, -0.2) is 44.7 Å². The molecule has 0 heterocycles. The molecule has 0 saturated carbocycles. The van der Waals surface area contributed by atoms with Gasteiger partial charge in [0, 0.05) is 6.54 Å². The van der Waals surface area contributed by atoms with E-state index in [-0.39, 0.29) is 12.1 Å². The van der Waals surface area contributed by atoms with E-state index >= 15 is 0 Å². The molecule has 1 atom stereocenters. The third-order valence-corrected chi connectivity index (χ3v) is 4.25. The molecule has 0 aliphatic carbocycles. The van der Waals surface area contributed by atoms with Crippen LogP contribution < -0.4 is 15.4 Å². The molecule has 0 aromatic heterocycles. The van der Waals surface area contributed by atoms with Gasteiger partial charge in [0.25, 0.3) is 0 Å². The number of urea groups is 1. The standard InChI is InChI=1S/C21H29N3O2/c1-4-17-10-12-18(13-11-17)20(24(2)3)16-23-21(25)22-14-15-26-19-8-6-5-7-9-19/h5-13,20H,4,14-16H2,1-3H3,(H2,22,23,25). The third-order valence-electron chi connectivity index (χ3n) is 4.25. The molecule has 26 heavy (non-hydrogen) atoms. The number of carbonyl (C=O) groups excluding carboxylic acids is 1. The van der Waals surface area contributed by atoms with E-state index in [2.05, 4.69) is 46.7 Å². The first-order chi connectivity index (χ1) is 12.6. The highest BCUT2D eigenvalue weighted by molar-refractivity contribution is 5.73. The lowest BCUT2D eigenvalue weighted by Crippen LogP contribution is -2.41. The zero-order valence-electron chi connectivity index (χ0n) is 15.9. The molecule has 0 radical (unpaired) electrons. The Kier molecular flexibility index (Phi) is 7.96. The SMILES string of the molecule is CCc1ccc(C(CNC(=O)NCCOc2ccccc2)N(C)C)cc1. The fraction of sp³-hybridized carbons (Fsp3) is 0.381. The summed E-state index contributed by atoms with van der Waals surface area (Å²) in [6, 6.07) is 18.1. The zero-order valence-corrected chi connectivity index (χ0v) is 15.9. The number of aryl methyl sites for hydroxylation is 1. The second kappa shape index (κ2) is 10.5. The molecular weight excluding hydrogens is 326 g/mol. The van der Waals surface area contributed by atoms with E-state index in [4.69, 9.17) is 4.74 Å². The molecule has 2 rings (SSSR count). The van der Waals surface area contributed by atoms with Gasteiger partial charge in [0.15, 0.2) is 0 Å². The van der Waals surface area contributed by atoms with Gasteiger partial charge in [-0.2, -0.15) is 0 Å². The average molecular weight is 355 g/mol. The number of ether oxygens (including phenoxy) is 1. The molecule has 0 bridgehead atoms. The second-order valence-corrected chi connectivity index (χ2v) is 6.37. The molecule has 140 valence electrons. The van der Waals surface area contributed by atoms with Crippen LogP contribution >= 0.6 is 0 Å². The fourth-order valence-corrected chi connectivity index (χ4v) is 2.68. The molecule has 0 saturated heterocycles. The van der Waals surface area contributed by atoms with Crippen LogP contribution in [0.3, 0.4) is 0 Å². The van der Waals surface area contributed by atoms with Crippen LogP contribution in [0.15, 0.2) is 54.6 Å². The van der Waals surface area contributed by atoms with Crippen molar-refractivity contribution >= 4 is 6.03 Å². The fourth-order valence-electron chi connectivity index (χ4n) is 2.68. The number of likely N-dealkylation sites (N-methyl/N-ethyl adjacent to an activating group) is 1. The monoisotopic (exact) mass is 355 g/mol. The lowest BCUT2D eigenvalue weighted by Gasteiger charge is -2.25. The van der Waals surface area contributed by atoms with E-state index in [0.29, 0.717) is 19.7 Å². The number of benzene rings is 2. The van der Waals surface area contributed by atoms with Crippen molar-refractivity contribution in [2.45, 2.75) is 19.4 Å². The molecule has 2 aromatic carbocycles. The summed E-state index contributed by atoms with van der Waals surface area (Å²) < 4.78 is 5.56. The number of hydrogen-bond acceptors (Lipinski definition) is 3. The van der Waals surface area contributed by atoms with Crippen LogP contribution in [0, 0.1) is 0 Å². The van der Waals surface area contributed by atoms with Crippen molar-refractivity contribution in [1.82, 2.24) is 15.5 Å². The van der Waals surface area contributed by atoms with E-state index in [1.807, 2.05) is 44.4 Å². The first-order valence-electron chi connectivity index (χ1n) is 9.05. The Labute approximate surface area is 156 Å². The summed E-state index contributed by atoms with van der Waals surface area (Å²) in [5.74, 6) is 0.804. The van der Waals surface area contributed by atoms with E-state index in [1.54, 1.807) is 0 Å². The smallest absolute Gasteiger partial charge is 0.314 e. The lowest BCUT2D eigenvalue weighted by atomic mass is 10.0. The molecule has 2 aromatic rings. The van der Waals surface area contributed by atoms with Gasteiger partial charge in [0.05, 0.1) is 12.6 Å². The van der Waals surface area contributed by atoms with Gasteiger partial charge < -0.3 is 20.3 Å². The van der Waals surface area contributed by atoms with E-state index in [1.165, 1.54) is 11.1 Å². The average Bonchev–Trinajstić information content (AvgIpc) is 2.66. The van der Waals surface area contributed by atoms with Crippen LogP contribution in [0.25, 0.3) is 0 Å². The molecule has 0 fully saturated rings. The summed E-state index contributed by atoms with van der Waals surface area (Å²) in [6.45, 7) is 3.58. The van der Waals surface area contributed by atoms with Crippen molar-refractivity contribution in [3.05, 3.63) is 65.7 Å². The first kappa shape index (κ1) is 19.8. The lowest BCUT2D eigenvalue weighted by molar-refractivity contribution is 0.229. The highest BCUT2D eigenvalue weighted by atomic mass is 16.5. The Morgan fingerprint density at radius 3 is 2.35 bits per heavy atom. The molecule has 5 heteroatoms. The maximum atomic E-state index is 12.0. The molecule has 2 amide bonds. The quantitative estimate of drug-likeness (QED) is 0.679. The number of carbonyl (C=O) groups is 1. The Morgan fingerprint density at radius 1 is 1.04 bits per heavy atom. The summed E-state index contributed by atoms with van der Waals surface area (Å²) >= 11 is 0. The highest BCUT2D eigenvalue weighted by Crippen LogP contribution is 2.18. The number of amides is 2. The predicted molar refractivity (Wildman–Crippen MR) is 106 cm³/mol. The summed E-state index contributed by atoms with van der Waals surface area (Å²) in [7, 11) is 4.04. The van der Waals surface area contributed by atoms with Crippen LogP contribution in [-0.2, 0) is 6.42 Å². The second-order valence-electron chi connectivity index (χ2n) is 6.37. The largest absolute Gasteiger partial charge is 0.492 e. The number of nitrogens with zero attached hydrogens (tertiary/aromatic N) is 1. The van der Waals surface area contributed by atoms with Crippen molar-refractivity contribution in [2.24, 2.45) is 0 Å². The van der Waals surface area contributed by atoms with Gasteiger partial charge in [-0.1, -0.05) is 49.4 Å². The van der Waals surface area contributed by atoms with Gasteiger partial charge in [0.1, 0.15) is 12.4 Å². The normalized spacial score (nSPS) is 11.8. The van der Waals surface area contributed by atoms with Gasteiger partial charge in [0.2, 0.25) is 0 Å². The van der Waals surface area contributed by atoms with Gasteiger partial charge in [-0.05, 0) is 43.8 Å². The molecular formula is C21H29N3O2. The van der Waals surface area contributed by atoms with Crippen molar-refractivity contribution < 1.29 is 9.53 Å². The topological polar surface area (TPSA) is 53.6 Å². The number of hydrogen-bond donors (Lipinski definition) is 2. The maximum absolute atomic E-state index is 12.0. The molecule has 0 aliphatic heterocycles. The zero-order chi connectivity index (χ0) is 18.8. The molecule has 0 aliphatic rings. The van der Waals surface area contributed by atoms with Gasteiger partial charge >= 0.3 is 6.03 Å². The minimum absolute atomic E-state index is 0.132.